The highest BCUT2D eigenvalue weighted by Gasteiger charge is 2.29. The Morgan fingerprint density at radius 2 is 1.96 bits per heavy atom. The first-order chi connectivity index (χ1) is 11.6. The Hall–Kier alpha value is -1.35. The molecule has 8 nitrogen and oxygen atoms in total. The third-order valence-corrected chi connectivity index (χ3v) is 4.78. The van der Waals surface area contributed by atoms with Gasteiger partial charge in [-0.1, -0.05) is 0 Å². The molecule has 1 aromatic rings. The summed E-state index contributed by atoms with van der Waals surface area (Å²) < 4.78 is 4.94. The predicted molar refractivity (Wildman–Crippen MR) is 106 cm³/mol. The van der Waals surface area contributed by atoms with Gasteiger partial charge in [-0.15, -0.1) is 24.8 Å². The molecule has 4 N–H and O–H groups in total. The molecular weight excluding hydrogens is 379 g/mol. The quantitative estimate of drug-likeness (QED) is 0.759. The molecule has 1 amide bonds. The fourth-order valence-electron chi connectivity index (χ4n) is 3.36. The van der Waals surface area contributed by atoms with Crippen LogP contribution in [0.15, 0.2) is 6.07 Å². The second-order valence-corrected chi connectivity index (χ2v) is 6.59. The molecule has 0 atom stereocenters. The van der Waals surface area contributed by atoms with Crippen LogP contribution >= 0.6 is 24.8 Å². The monoisotopic (exact) mass is 406 g/mol. The van der Waals surface area contributed by atoms with E-state index in [1.165, 1.54) is 0 Å². The van der Waals surface area contributed by atoms with Gasteiger partial charge in [-0.3, -0.25) is 4.79 Å². The van der Waals surface area contributed by atoms with E-state index in [0.29, 0.717) is 18.4 Å². The van der Waals surface area contributed by atoms with Gasteiger partial charge >= 0.3 is 0 Å². The van der Waals surface area contributed by atoms with Crippen LogP contribution in [-0.2, 0) is 9.53 Å². The van der Waals surface area contributed by atoms with Crippen molar-refractivity contribution in [1.82, 2.24) is 14.9 Å². The van der Waals surface area contributed by atoms with Crippen LogP contribution in [0.3, 0.4) is 0 Å². The summed E-state index contributed by atoms with van der Waals surface area (Å²) in [7, 11) is 1.54. The summed E-state index contributed by atoms with van der Waals surface area (Å²) >= 11 is 0. The van der Waals surface area contributed by atoms with E-state index in [0.717, 1.165) is 50.4 Å². The number of methoxy groups -OCH3 is 1. The van der Waals surface area contributed by atoms with Crippen molar-refractivity contribution in [2.75, 3.05) is 50.5 Å². The zero-order valence-corrected chi connectivity index (χ0v) is 16.6. The van der Waals surface area contributed by atoms with Crippen LogP contribution in [0, 0.1) is 0 Å². The summed E-state index contributed by atoms with van der Waals surface area (Å²) in [4.78, 5) is 24.8. The zero-order chi connectivity index (χ0) is 17.1. The molecular formula is C16H28Cl2N6O2. The van der Waals surface area contributed by atoms with E-state index in [9.17, 15) is 4.79 Å². The maximum atomic E-state index is 12.0. The fraction of sp³-hybridized carbons (Fsp3) is 0.688. The molecule has 0 bridgehead atoms. The van der Waals surface area contributed by atoms with Gasteiger partial charge in [-0.05, 0) is 19.3 Å². The Labute approximate surface area is 166 Å². The average molecular weight is 407 g/mol. The maximum Gasteiger partial charge on any atom is 0.248 e. The number of nitrogens with two attached hydrogens (primary N) is 2. The summed E-state index contributed by atoms with van der Waals surface area (Å²) in [6.07, 6.45) is 2.80. The molecule has 2 heterocycles. The zero-order valence-electron chi connectivity index (χ0n) is 15.0. The molecule has 0 aromatic carbocycles. The van der Waals surface area contributed by atoms with Crippen molar-refractivity contribution >= 4 is 42.5 Å². The van der Waals surface area contributed by atoms with Crippen molar-refractivity contribution in [3.05, 3.63) is 11.8 Å². The minimum absolute atomic E-state index is 0. The SMILES string of the molecule is COCC(=O)N1CCCN(c2cc(C3CC(N)C3)nc(N)n2)CC1.Cl.Cl. The Bertz CT molecular complexity index is 600. The summed E-state index contributed by atoms with van der Waals surface area (Å²) in [5.41, 5.74) is 12.8. The number of ether oxygens (including phenoxy) is 1. The van der Waals surface area contributed by atoms with Gasteiger partial charge in [0.2, 0.25) is 11.9 Å². The van der Waals surface area contributed by atoms with Crippen LogP contribution in [0.1, 0.15) is 30.9 Å². The number of hydrogen-bond donors (Lipinski definition) is 2. The lowest BCUT2D eigenvalue weighted by atomic mass is 9.78. The number of amides is 1. The highest BCUT2D eigenvalue weighted by Crippen LogP contribution is 2.35. The lowest BCUT2D eigenvalue weighted by Gasteiger charge is -2.32. The van der Waals surface area contributed by atoms with Crippen LogP contribution < -0.4 is 16.4 Å². The van der Waals surface area contributed by atoms with E-state index in [1.54, 1.807) is 7.11 Å². The third-order valence-electron chi connectivity index (χ3n) is 4.78. The van der Waals surface area contributed by atoms with Crippen LogP contribution in [0.5, 0.6) is 0 Å². The van der Waals surface area contributed by atoms with Crippen molar-refractivity contribution in [3.8, 4) is 0 Å². The third kappa shape index (κ3) is 5.33. The molecule has 1 saturated carbocycles. The Kier molecular flexibility index (Phi) is 8.82. The molecule has 0 unspecified atom stereocenters. The lowest BCUT2D eigenvalue weighted by Crippen LogP contribution is -2.37. The summed E-state index contributed by atoms with van der Waals surface area (Å²) in [5.74, 6) is 1.57. The van der Waals surface area contributed by atoms with E-state index in [-0.39, 0.29) is 43.4 Å². The van der Waals surface area contributed by atoms with Crippen LogP contribution in [0.25, 0.3) is 0 Å². The van der Waals surface area contributed by atoms with Gasteiger partial charge in [0.05, 0.1) is 5.69 Å². The van der Waals surface area contributed by atoms with Gasteiger partial charge in [0, 0.05) is 51.3 Å². The van der Waals surface area contributed by atoms with E-state index in [1.807, 2.05) is 11.0 Å². The number of nitrogen functional groups attached to an aromatic ring is 1. The van der Waals surface area contributed by atoms with Gasteiger partial charge in [0.15, 0.2) is 0 Å². The van der Waals surface area contributed by atoms with Gasteiger partial charge in [0.25, 0.3) is 0 Å². The highest BCUT2D eigenvalue weighted by atomic mass is 35.5. The van der Waals surface area contributed by atoms with Crippen molar-refractivity contribution in [1.29, 1.82) is 0 Å². The summed E-state index contributed by atoms with van der Waals surface area (Å²) in [6.45, 7) is 3.11. The Morgan fingerprint density at radius 1 is 1.23 bits per heavy atom. The number of carbonyl (C=O) groups is 1. The number of aromatic nitrogens is 2. The van der Waals surface area contributed by atoms with Gasteiger partial charge < -0.3 is 26.0 Å². The number of rotatable bonds is 4. The van der Waals surface area contributed by atoms with Crippen LogP contribution in [-0.4, -0.2) is 66.7 Å². The summed E-state index contributed by atoms with van der Waals surface area (Å²) in [6, 6.07) is 2.30. The van der Waals surface area contributed by atoms with E-state index in [4.69, 9.17) is 16.2 Å². The normalized spacial score (nSPS) is 22.5. The minimum atomic E-state index is 0. The molecule has 3 rings (SSSR count). The predicted octanol–water partition coefficient (Wildman–Crippen LogP) is 0.792. The van der Waals surface area contributed by atoms with Crippen LogP contribution in [0.2, 0.25) is 0 Å². The van der Waals surface area contributed by atoms with Crippen molar-refractivity contribution in [3.63, 3.8) is 0 Å². The molecule has 1 saturated heterocycles. The van der Waals surface area contributed by atoms with Crippen molar-refractivity contribution < 1.29 is 9.53 Å². The number of hydrogen-bond acceptors (Lipinski definition) is 7. The largest absolute Gasteiger partial charge is 0.375 e. The maximum absolute atomic E-state index is 12.0. The van der Waals surface area contributed by atoms with Crippen molar-refractivity contribution in [2.45, 2.75) is 31.2 Å². The molecule has 0 spiro atoms. The lowest BCUT2D eigenvalue weighted by molar-refractivity contribution is -0.134. The van der Waals surface area contributed by atoms with E-state index in [2.05, 4.69) is 14.9 Å². The van der Waals surface area contributed by atoms with Gasteiger partial charge in [-0.2, -0.15) is 4.98 Å². The minimum Gasteiger partial charge on any atom is -0.375 e. The number of nitrogens with zero attached hydrogens (tertiary/aromatic N) is 4. The molecule has 10 heteroatoms. The summed E-state index contributed by atoms with van der Waals surface area (Å²) in [5, 5.41) is 0. The first-order valence-corrected chi connectivity index (χ1v) is 8.48. The number of carbonyl (C=O) groups excluding carboxylic acids is 1. The molecule has 26 heavy (non-hydrogen) atoms. The number of anilines is 2. The second kappa shape index (κ2) is 10.1. The van der Waals surface area contributed by atoms with E-state index >= 15 is 0 Å². The molecule has 2 aliphatic rings. The molecule has 0 radical (unpaired) electrons. The second-order valence-electron chi connectivity index (χ2n) is 6.59. The smallest absolute Gasteiger partial charge is 0.248 e. The first-order valence-electron chi connectivity index (χ1n) is 8.48. The standard InChI is InChI=1S/C16H26N6O2.2ClH/c1-24-10-15(23)22-4-2-3-21(5-6-22)14-9-13(19-16(18)20-14)11-7-12(17)8-11;;/h9,11-12H,2-8,10,17H2,1H3,(H2,18,19,20);2*1H. The molecule has 1 aliphatic heterocycles. The molecule has 148 valence electrons. The molecule has 1 aromatic heterocycles. The Morgan fingerprint density at radius 3 is 2.62 bits per heavy atom. The Balaban J connectivity index is 0.00000169. The number of halogens is 2. The topological polar surface area (TPSA) is 111 Å². The van der Waals surface area contributed by atoms with Gasteiger partial charge in [0.1, 0.15) is 12.4 Å². The van der Waals surface area contributed by atoms with E-state index < -0.39 is 0 Å². The van der Waals surface area contributed by atoms with Crippen molar-refractivity contribution in [2.24, 2.45) is 5.73 Å². The fourth-order valence-corrected chi connectivity index (χ4v) is 3.36. The highest BCUT2D eigenvalue weighted by molar-refractivity contribution is 5.85. The average Bonchev–Trinajstić information content (AvgIpc) is 2.77. The molecule has 1 aliphatic carbocycles. The molecule has 2 fully saturated rings. The van der Waals surface area contributed by atoms with Gasteiger partial charge in [-0.25, -0.2) is 4.98 Å². The first kappa shape index (κ1) is 22.7. The van der Waals surface area contributed by atoms with Crippen LogP contribution in [0.4, 0.5) is 11.8 Å².